The van der Waals surface area contributed by atoms with Crippen molar-refractivity contribution >= 4 is 22.1 Å². The summed E-state index contributed by atoms with van der Waals surface area (Å²) in [5, 5.41) is 26.4. The van der Waals surface area contributed by atoms with Crippen LogP contribution in [0.4, 0.5) is 13.2 Å². The minimum absolute atomic E-state index is 0.0582. The lowest BCUT2D eigenvalue weighted by Gasteiger charge is -2.10. The lowest BCUT2D eigenvalue weighted by molar-refractivity contribution is -0.0500. The second-order valence-electron chi connectivity index (χ2n) is 5.63. The Labute approximate surface area is 185 Å². The molecule has 10 nitrogen and oxygen atoms in total. The molecule has 0 aliphatic rings. The molecule has 0 bridgehead atoms. The number of carbonyl (C=O) groups excluding carboxylic acids is 2. The molecule has 0 saturated carbocycles. The van der Waals surface area contributed by atoms with Crippen molar-refractivity contribution < 1.29 is 49.9 Å². The average molecular weight is 486 g/mol. The Morgan fingerprint density at radius 3 is 1.79 bits per heavy atom. The molecule has 0 radical (unpaired) electrons. The fraction of sp³-hybridized carbons (Fsp3) is 0.158. The predicted molar refractivity (Wildman–Crippen MR) is 102 cm³/mol. The number of methoxy groups -OCH3 is 2. The van der Waals surface area contributed by atoms with Crippen LogP contribution in [-0.2, 0) is 19.6 Å². The normalized spacial score (nSPS) is 10.5. The van der Waals surface area contributed by atoms with Crippen LogP contribution in [0.15, 0.2) is 36.4 Å². The highest BCUT2D eigenvalue weighted by Crippen LogP contribution is 2.29. The largest absolute Gasteiger partial charge is 0.534 e. The number of nitriles is 2. The summed E-state index contributed by atoms with van der Waals surface area (Å²) < 4.78 is 70.7. The first-order chi connectivity index (χ1) is 15.3. The summed E-state index contributed by atoms with van der Waals surface area (Å²) in [7, 11) is -3.58. The van der Waals surface area contributed by atoms with Gasteiger partial charge in [0.05, 0.1) is 36.5 Å². The lowest BCUT2D eigenvalue weighted by atomic mass is 10.1. The molecule has 0 atom stereocenters. The Balaban J connectivity index is 0.000000361. The minimum atomic E-state index is -5.89. The zero-order chi connectivity index (χ0) is 25.4. The number of aromatic hydroxyl groups is 1. The molecule has 0 aliphatic carbocycles. The summed E-state index contributed by atoms with van der Waals surface area (Å²) in [5.74, 6) is -2.35. The van der Waals surface area contributed by atoms with Crippen molar-refractivity contribution in [1.82, 2.24) is 0 Å². The van der Waals surface area contributed by atoms with Crippen LogP contribution in [-0.4, -0.2) is 45.2 Å². The Bertz CT molecular complexity index is 1250. The van der Waals surface area contributed by atoms with E-state index in [4.69, 9.17) is 15.6 Å². The third-order valence-electron chi connectivity index (χ3n) is 3.54. The zero-order valence-corrected chi connectivity index (χ0v) is 17.5. The van der Waals surface area contributed by atoms with Gasteiger partial charge in [-0.1, -0.05) is 0 Å². The Kier molecular flexibility index (Phi) is 8.77. The SMILES string of the molecule is COC(=O)c1ccc(O)c(C#N)c1.COC(=O)c1ccc(OS(=O)(=O)C(F)(F)F)c(C#N)c1. The Hall–Kier alpha value is -4.30. The zero-order valence-electron chi connectivity index (χ0n) is 16.7. The molecule has 0 aromatic heterocycles. The third-order valence-corrected chi connectivity index (χ3v) is 4.51. The molecule has 0 unspecified atom stereocenters. The summed E-state index contributed by atoms with van der Waals surface area (Å²) in [6, 6.07) is 9.71. The molecule has 174 valence electrons. The molecule has 0 heterocycles. The van der Waals surface area contributed by atoms with Gasteiger partial charge in [-0.15, -0.1) is 0 Å². The number of hydrogen-bond donors (Lipinski definition) is 1. The molecular formula is C19H13F3N2O8S. The van der Waals surface area contributed by atoms with Crippen molar-refractivity contribution in [3.8, 4) is 23.6 Å². The van der Waals surface area contributed by atoms with Gasteiger partial charge in [-0.05, 0) is 36.4 Å². The van der Waals surface area contributed by atoms with E-state index in [2.05, 4.69) is 13.7 Å². The predicted octanol–water partition coefficient (Wildman–Crippen LogP) is 2.62. The van der Waals surface area contributed by atoms with Crippen LogP contribution < -0.4 is 4.18 Å². The van der Waals surface area contributed by atoms with Crippen molar-refractivity contribution in [1.29, 1.82) is 10.5 Å². The first-order valence-corrected chi connectivity index (χ1v) is 9.66. The first-order valence-electron chi connectivity index (χ1n) is 8.26. The molecule has 1 N–H and O–H groups in total. The molecule has 14 heteroatoms. The maximum Gasteiger partial charge on any atom is 0.534 e. The topological polar surface area (TPSA) is 164 Å². The molecule has 0 spiro atoms. The van der Waals surface area contributed by atoms with Gasteiger partial charge < -0.3 is 18.8 Å². The molecule has 0 aliphatic heterocycles. The van der Waals surface area contributed by atoms with Crippen molar-refractivity contribution in [2.75, 3.05) is 14.2 Å². The van der Waals surface area contributed by atoms with Crippen LogP contribution in [0.1, 0.15) is 31.8 Å². The number of benzene rings is 2. The van der Waals surface area contributed by atoms with Crippen molar-refractivity contribution in [3.63, 3.8) is 0 Å². The molecule has 2 rings (SSSR count). The van der Waals surface area contributed by atoms with Crippen molar-refractivity contribution in [2.45, 2.75) is 5.51 Å². The highest BCUT2D eigenvalue weighted by Gasteiger charge is 2.48. The fourth-order valence-corrected chi connectivity index (χ4v) is 2.45. The van der Waals surface area contributed by atoms with Gasteiger partial charge in [0.25, 0.3) is 0 Å². The van der Waals surface area contributed by atoms with Gasteiger partial charge in [0, 0.05) is 0 Å². The number of rotatable bonds is 4. The number of nitrogens with zero attached hydrogens (tertiary/aromatic N) is 2. The summed E-state index contributed by atoms with van der Waals surface area (Å²) in [6.07, 6.45) is 0. The summed E-state index contributed by atoms with van der Waals surface area (Å²) in [5.41, 5.74) is -6.01. The number of hydrogen-bond acceptors (Lipinski definition) is 10. The van der Waals surface area contributed by atoms with E-state index in [1.54, 1.807) is 6.07 Å². The number of alkyl halides is 3. The van der Waals surface area contributed by atoms with E-state index in [0.717, 1.165) is 25.3 Å². The van der Waals surface area contributed by atoms with Gasteiger partial charge >= 0.3 is 27.6 Å². The molecule has 2 aromatic rings. The Morgan fingerprint density at radius 1 is 0.909 bits per heavy atom. The van der Waals surface area contributed by atoms with Crippen LogP contribution in [0.3, 0.4) is 0 Å². The molecule has 33 heavy (non-hydrogen) atoms. The van der Waals surface area contributed by atoms with E-state index in [9.17, 15) is 31.2 Å². The van der Waals surface area contributed by atoms with E-state index < -0.39 is 38.9 Å². The Morgan fingerprint density at radius 2 is 1.36 bits per heavy atom. The maximum atomic E-state index is 12.1. The van der Waals surface area contributed by atoms with Crippen LogP contribution in [0, 0.1) is 22.7 Å². The van der Waals surface area contributed by atoms with Crippen LogP contribution in [0.25, 0.3) is 0 Å². The van der Waals surface area contributed by atoms with Crippen molar-refractivity contribution in [2.24, 2.45) is 0 Å². The second-order valence-corrected chi connectivity index (χ2v) is 7.17. The maximum absolute atomic E-state index is 12.1. The highest BCUT2D eigenvalue weighted by atomic mass is 32.2. The van der Waals surface area contributed by atoms with Crippen molar-refractivity contribution in [3.05, 3.63) is 58.7 Å². The van der Waals surface area contributed by atoms with Crippen LogP contribution in [0.5, 0.6) is 11.5 Å². The highest BCUT2D eigenvalue weighted by molar-refractivity contribution is 7.88. The monoisotopic (exact) mass is 486 g/mol. The van der Waals surface area contributed by atoms with E-state index in [1.807, 2.05) is 0 Å². The fourth-order valence-electron chi connectivity index (χ4n) is 1.97. The number of ether oxygens (including phenoxy) is 2. The number of esters is 2. The van der Waals surface area contributed by atoms with Gasteiger partial charge in [0.15, 0.2) is 5.75 Å². The van der Waals surface area contributed by atoms with Gasteiger partial charge in [0.2, 0.25) is 0 Å². The van der Waals surface area contributed by atoms with Crippen LogP contribution >= 0.6 is 0 Å². The first kappa shape index (κ1) is 26.7. The summed E-state index contributed by atoms with van der Waals surface area (Å²) >= 11 is 0. The molecule has 2 aromatic carbocycles. The van der Waals surface area contributed by atoms with Gasteiger partial charge in [-0.2, -0.15) is 32.1 Å². The number of phenols is 1. The molecule has 0 fully saturated rings. The van der Waals surface area contributed by atoms with E-state index >= 15 is 0 Å². The van der Waals surface area contributed by atoms with Gasteiger partial charge in [-0.25, -0.2) is 9.59 Å². The quantitative estimate of drug-likeness (QED) is 0.386. The lowest BCUT2D eigenvalue weighted by Crippen LogP contribution is -2.28. The van der Waals surface area contributed by atoms with E-state index in [1.165, 1.54) is 31.4 Å². The second kappa shape index (κ2) is 10.8. The third kappa shape index (κ3) is 6.84. The number of phenolic OH excluding ortho intramolecular Hbond substituents is 1. The smallest absolute Gasteiger partial charge is 0.507 e. The molecule has 0 amide bonds. The van der Waals surface area contributed by atoms with Crippen LogP contribution in [0.2, 0.25) is 0 Å². The van der Waals surface area contributed by atoms with Gasteiger partial charge in [0.1, 0.15) is 17.9 Å². The van der Waals surface area contributed by atoms with E-state index in [0.29, 0.717) is 0 Å². The number of halogens is 3. The average Bonchev–Trinajstić information content (AvgIpc) is 2.78. The van der Waals surface area contributed by atoms with Gasteiger partial charge in [-0.3, -0.25) is 0 Å². The molecular weight excluding hydrogens is 473 g/mol. The van der Waals surface area contributed by atoms with E-state index in [-0.39, 0.29) is 22.4 Å². The number of carbonyl (C=O) groups is 2. The standard InChI is InChI=1S/C10H6F3NO5S.C9H7NO3/c1-18-9(15)6-2-3-8(7(4-6)5-14)19-20(16,17)10(11,12)13;1-13-9(12)6-2-3-8(11)7(4-6)5-10/h2-4H,1H3;2-4,11H,1H3. The minimum Gasteiger partial charge on any atom is -0.507 e. The molecule has 0 saturated heterocycles. The summed E-state index contributed by atoms with van der Waals surface area (Å²) in [6.45, 7) is 0. The summed E-state index contributed by atoms with van der Waals surface area (Å²) in [4.78, 5) is 22.1.